The van der Waals surface area contributed by atoms with Gasteiger partial charge in [0.1, 0.15) is 5.76 Å². The lowest BCUT2D eigenvalue weighted by atomic mass is 10.1. The van der Waals surface area contributed by atoms with Gasteiger partial charge in [0.2, 0.25) is 0 Å². The highest BCUT2D eigenvalue weighted by Gasteiger charge is 2.26. The van der Waals surface area contributed by atoms with Crippen molar-refractivity contribution in [3.63, 3.8) is 0 Å². The number of hydrogen-bond acceptors (Lipinski definition) is 4. The van der Waals surface area contributed by atoms with Gasteiger partial charge in [-0.25, -0.2) is 0 Å². The molecule has 0 spiro atoms. The van der Waals surface area contributed by atoms with Crippen molar-refractivity contribution in [2.45, 2.75) is 31.7 Å². The zero-order valence-corrected chi connectivity index (χ0v) is 21.5. The molecule has 0 bridgehead atoms. The van der Waals surface area contributed by atoms with Gasteiger partial charge in [-0.2, -0.15) is 0 Å². The fourth-order valence-corrected chi connectivity index (χ4v) is 4.81. The molecule has 0 amide bonds. The molecule has 2 atom stereocenters. The third-order valence-corrected chi connectivity index (χ3v) is 6.63. The van der Waals surface area contributed by atoms with Gasteiger partial charge in [-0.05, 0) is 68.9 Å². The summed E-state index contributed by atoms with van der Waals surface area (Å²) >= 11 is 0. The lowest BCUT2D eigenvalue weighted by Gasteiger charge is -2.27. The fraction of sp³-hybridized carbons (Fsp3) is 0.560. The summed E-state index contributed by atoms with van der Waals surface area (Å²) < 4.78 is 5.73. The van der Waals surface area contributed by atoms with Crippen molar-refractivity contribution < 1.29 is 4.42 Å². The first-order valence-electron chi connectivity index (χ1n) is 11.8. The highest BCUT2D eigenvalue weighted by atomic mass is 127. The Morgan fingerprint density at radius 1 is 1.09 bits per heavy atom. The second-order valence-electron chi connectivity index (χ2n) is 8.80. The average molecular weight is 552 g/mol. The molecule has 1 aromatic heterocycles. The van der Waals surface area contributed by atoms with Crippen LogP contribution in [0.15, 0.2) is 58.1 Å². The Bertz CT molecular complexity index is 792. The molecular weight excluding hydrogens is 513 g/mol. The maximum Gasteiger partial charge on any atom is 0.191 e. The van der Waals surface area contributed by atoms with E-state index in [-0.39, 0.29) is 30.0 Å². The summed E-state index contributed by atoms with van der Waals surface area (Å²) in [6, 6.07) is 15.1. The third-order valence-electron chi connectivity index (χ3n) is 6.63. The molecule has 0 saturated carbocycles. The minimum Gasteiger partial charge on any atom is -0.468 e. The summed E-state index contributed by atoms with van der Waals surface area (Å²) in [4.78, 5) is 9.56. The largest absolute Gasteiger partial charge is 0.468 e. The molecule has 3 heterocycles. The summed E-state index contributed by atoms with van der Waals surface area (Å²) in [7, 11) is 1.86. The molecule has 0 aliphatic carbocycles. The molecule has 2 unspecified atom stereocenters. The van der Waals surface area contributed by atoms with Gasteiger partial charge < -0.3 is 20.0 Å². The topological polar surface area (TPSA) is 56.0 Å². The van der Waals surface area contributed by atoms with Gasteiger partial charge in [-0.15, -0.1) is 24.0 Å². The van der Waals surface area contributed by atoms with Crippen molar-refractivity contribution in [3.8, 4) is 0 Å². The van der Waals surface area contributed by atoms with Gasteiger partial charge in [0.25, 0.3) is 0 Å². The van der Waals surface area contributed by atoms with Crippen LogP contribution in [0.5, 0.6) is 0 Å². The highest BCUT2D eigenvalue weighted by molar-refractivity contribution is 14.0. The van der Waals surface area contributed by atoms with E-state index in [0.717, 1.165) is 50.9 Å². The smallest absolute Gasteiger partial charge is 0.191 e. The van der Waals surface area contributed by atoms with Crippen molar-refractivity contribution in [1.29, 1.82) is 0 Å². The molecule has 2 N–H and O–H groups in total. The van der Waals surface area contributed by atoms with Crippen molar-refractivity contribution in [3.05, 3.63) is 60.1 Å². The minimum absolute atomic E-state index is 0. The standard InChI is InChI=1S/C25H37N5O.HI/c1-26-25(28-19-23(24-10-7-17-31-24)30-13-5-6-14-30)27-18-22-12-16-29(20-22)15-11-21-8-3-2-4-9-21;/h2-4,7-10,17,22-23H,5-6,11-16,18-20H2,1H3,(H2,26,27,28);1H. The Morgan fingerprint density at radius 2 is 1.91 bits per heavy atom. The van der Waals surface area contributed by atoms with E-state index in [9.17, 15) is 0 Å². The van der Waals surface area contributed by atoms with Crippen LogP contribution in [0.2, 0.25) is 0 Å². The van der Waals surface area contributed by atoms with E-state index >= 15 is 0 Å². The lowest BCUT2D eigenvalue weighted by Crippen LogP contribution is -2.44. The van der Waals surface area contributed by atoms with Gasteiger partial charge in [-0.1, -0.05) is 30.3 Å². The second kappa shape index (κ2) is 13.2. The molecule has 2 aliphatic rings. The summed E-state index contributed by atoms with van der Waals surface area (Å²) in [6.45, 7) is 7.56. The molecule has 2 fully saturated rings. The molecule has 1 aromatic carbocycles. The highest BCUT2D eigenvalue weighted by Crippen LogP contribution is 2.24. The molecular formula is C25H38IN5O. The normalized spacial score (nSPS) is 20.8. The first kappa shape index (κ1) is 25.1. The van der Waals surface area contributed by atoms with E-state index in [4.69, 9.17) is 4.42 Å². The number of benzene rings is 1. The summed E-state index contributed by atoms with van der Waals surface area (Å²) in [5, 5.41) is 7.10. The molecule has 32 heavy (non-hydrogen) atoms. The van der Waals surface area contributed by atoms with Crippen LogP contribution in [0, 0.1) is 5.92 Å². The number of nitrogens with zero attached hydrogens (tertiary/aromatic N) is 3. The maximum absolute atomic E-state index is 5.73. The SMILES string of the molecule is CN=C(NCC1CCN(CCc2ccccc2)C1)NCC(c1ccco1)N1CCCC1.I. The van der Waals surface area contributed by atoms with Crippen LogP contribution in [0.25, 0.3) is 0 Å². The predicted molar refractivity (Wildman–Crippen MR) is 142 cm³/mol. The first-order chi connectivity index (χ1) is 15.3. The van der Waals surface area contributed by atoms with E-state index in [1.54, 1.807) is 6.26 Å². The summed E-state index contributed by atoms with van der Waals surface area (Å²) in [6.07, 6.45) is 6.70. The summed E-state index contributed by atoms with van der Waals surface area (Å²) in [5.41, 5.74) is 1.43. The Morgan fingerprint density at radius 3 is 2.62 bits per heavy atom. The molecule has 2 aliphatic heterocycles. The first-order valence-corrected chi connectivity index (χ1v) is 11.8. The molecule has 176 valence electrons. The summed E-state index contributed by atoms with van der Waals surface area (Å²) in [5.74, 6) is 2.60. The van der Waals surface area contributed by atoms with Gasteiger partial charge >= 0.3 is 0 Å². The van der Waals surface area contributed by atoms with E-state index in [2.05, 4.69) is 61.8 Å². The van der Waals surface area contributed by atoms with E-state index in [0.29, 0.717) is 5.92 Å². The fourth-order valence-electron chi connectivity index (χ4n) is 4.81. The number of rotatable bonds is 9. The number of nitrogens with one attached hydrogen (secondary N) is 2. The van der Waals surface area contributed by atoms with E-state index in [1.165, 1.54) is 37.9 Å². The van der Waals surface area contributed by atoms with Crippen LogP contribution in [-0.2, 0) is 6.42 Å². The quantitative estimate of drug-likeness (QED) is 0.283. The van der Waals surface area contributed by atoms with Crippen LogP contribution in [-0.4, -0.2) is 68.6 Å². The third kappa shape index (κ3) is 7.22. The molecule has 0 radical (unpaired) electrons. The van der Waals surface area contributed by atoms with Crippen molar-refractivity contribution >= 4 is 29.9 Å². The van der Waals surface area contributed by atoms with Gasteiger partial charge in [0.15, 0.2) is 5.96 Å². The van der Waals surface area contributed by atoms with Crippen LogP contribution in [0.4, 0.5) is 0 Å². The molecule has 6 nitrogen and oxygen atoms in total. The number of halogens is 1. The second-order valence-corrected chi connectivity index (χ2v) is 8.80. The number of hydrogen-bond donors (Lipinski definition) is 2. The molecule has 4 rings (SSSR count). The Kier molecular flexibility index (Phi) is 10.3. The van der Waals surface area contributed by atoms with Gasteiger partial charge in [0.05, 0.1) is 12.3 Å². The van der Waals surface area contributed by atoms with Crippen LogP contribution in [0.3, 0.4) is 0 Å². The monoisotopic (exact) mass is 551 g/mol. The maximum atomic E-state index is 5.73. The van der Waals surface area contributed by atoms with E-state index in [1.807, 2.05) is 13.1 Å². The van der Waals surface area contributed by atoms with Crippen LogP contribution in [0.1, 0.15) is 36.6 Å². The minimum atomic E-state index is 0. The van der Waals surface area contributed by atoms with Gasteiger partial charge in [0, 0.05) is 33.2 Å². The number of likely N-dealkylation sites (tertiary alicyclic amines) is 2. The Labute approximate surface area is 209 Å². The number of aliphatic imine (C=N–C) groups is 1. The number of furan rings is 1. The van der Waals surface area contributed by atoms with Gasteiger partial charge in [-0.3, -0.25) is 9.89 Å². The van der Waals surface area contributed by atoms with Crippen LogP contribution < -0.4 is 10.6 Å². The Balaban J connectivity index is 0.00000289. The van der Waals surface area contributed by atoms with Crippen molar-refractivity contribution in [1.82, 2.24) is 20.4 Å². The number of guanidine groups is 1. The van der Waals surface area contributed by atoms with Crippen LogP contribution >= 0.6 is 24.0 Å². The van der Waals surface area contributed by atoms with E-state index < -0.39 is 0 Å². The van der Waals surface area contributed by atoms with Crippen molar-refractivity contribution in [2.75, 3.05) is 52.9 Å². The Hall–Kier alpha value is -1.58. The van der Waals surface area contributed by atoms with Crippen molar-refractivity contribution in [2.24, 2.45) is 10.9 Å². The molecule has 2 aromatic rings. The molecule has 2 saturated heterocycles. The predicted octanol–water partition coefficient (Wildman–Crippen LogP) is 3.76. The average Bonchev–Trinajstić information content (AvgIpc) is 3.59. The molecule has 7 heteroatoms. The zero-order valence-electron chi connectivity index (χ0n) is 19.2. The zero-order chi connectivity index (χ0) is 21.3. The lowest BCUT2D eigenvalue weighted by molar-refractivity contribution is 0.215.